The average Bonchev–Trinajstić information content (AvgIpc) is 3.05. The van der Waals surface area contributed by atoms with Gasteiger partial charge in [0.15, 0.2) is 11.6 Å². The number of nitrogen functional groups attached to an aromatic ring is 1. The fraction of sp³-hybridized carbons (Fsp3) is 0.0714. The van der Waals surface area contributed by atoms with Gasteiger partial charge in [0.1, 0.15) is 5.75 Å². The number of aromatic nitrogens is 1. The summed E-state index contributed by atoms with van der Waals surface area (Å²) in [5.74, 6) is 1.85. The summed E-state index contributed by atoms with van der Waals surface area (Å²) in [4.78, 5) is 0. The summed E-state index contributed by atoms with van der Waals surface area (Å²) in [6.07, 6.45) is 0. The van der Waals surface area contributed by atoms with Crippen molar-refractivity contribution in [2.24, 2.45) is 0 Å². The molecule has 3 rings (SSSR count). The second kappa shape index (κ2) is 5.45. The van der Waals surface area contributed by atoms with E-state index in [0.29, 0.717) is 11.6 Å². The fourth-order valence-corrected chi connectivity index (χ4v) is 3.31. The first-order valence-electron chi connectivity index (χ1n) is 5.83. The molecule has 6 heteroatoms. The number of benzene rings is 1. The number of rotatable bonds is 3. The van der Waals surface area contributed by atoms with Crippen LogP contribution in [0.1, 0.15) is 0 Å². The number of thiophene rings is 1. The van der Waals surface area contributed by atoms with Gasteiger partial charge < -0.3 is 15.0 Å². The van der Waals surface area contributed by atoms with E-state index in [2.05, 4.69) is 33.8 Å². The van der Waals surface area contributed by atoms with Crippen molar-refractivity contribution >= 4 is 39.7 Å². The Kier molecular flexibility index (Phi) is 3.66. The van der Waals surface area contributed by atoms with Crippen molar-refractivity contribution in [2.45, 2.75) is 0 Å². The highest BCUT2D eigenvalue weighted by Gasteiger charge is 2.19. The lowest BCUT2D eigenvalue weighted by molar-refractivity contribution is 0.415. The Hall–Kier alpha value is -1.54. The molecule has 0 fully saturated rings. The average molecular weight is 398 g/mol. The molecule has 0 saturated carbocycles. The Balaban J connectivity index is 2.15. The predicted molar refractivity (Wildman–Crippen MR) is 88.9 cm³/mol. The minimum Gasteiger partial charge on any atom is -0.497 e. The molecule has 1 aromatic carbocycles. The van der Waals surface area contributed by atoms with Gasteiger partial charge in [-0.2, -0.15) is 0 Å². The normalized spacial score (nSPS) is 10.7. The Bertz CT molecular complexity index is 751. The molecular formula is C14H11IN2O2S. The summed E-state index contributed by atoms with van der Waals surface area (Å²) in [5.41, 5.74) is 8.69. The number of anilines is 1. The minimum absolute atomic E-state index is 0.384. The topological polar surface area (TPSA) is 61.3 Å². The Morgan fingerprint density at radius 1 is 1.30 bits per heavy atom. The minimum atomic E-state index is 0.384. The molecule has 0 amide bonds. The van der Waals surface area contributed by atoms with Gasteiger partial charge in [0.05, 0.1) is 15.6 Å². The highest BCUT2D eigenvalue weighted by Crippen LogP contribution is 2.39. The van der Waals surface area contributed by atoms with Crippen LogP contribution >= 0.6 is 33.9 Å². The monoisotopic (exact) mass is 398 g/mol. The molecule has 3 aromatic rings. The van der Waals surface area contributed by atoms with Crippen LogP contribution in [0.4, 0.5) is 5.82 Å². The van der Waals surface area contributed by atoms with Crippen LogP contribution in [0.15, 0.2) is 40.2 Å². The Morgan fingerprint density at radius 3 is 2.85 bits per heavy atom. The number of nitrogens with two attached hydrogens (primary N) is 1. The van der Waals surface area contributed by atoms with Gasteiger partial charge in [0.2, 0.25) is 0 Å². The third-order valence-corrected chi connectivity index (χ3v) is 4.70. The van der Waals surface area contributed by atoms with Crippen molar-refractivity contribution in [3.8, 4) is 28.2 Å². The van der Waals surface area contributed by atoms with Gasteiger partial charge in [0.25, 0.3) is 0 Å². The molecule has 2 N–H and O–H groups in total. The highest BCUT2D eigenvalue weighted by molar-refractivity contribution is 14.1. The zero-order valence-corrected chi connectivity index (χ0v) is 13.6. The lowest BCUT2D eigenvalue weighted by atomic mass is 10.0. The van der Waals surface area contributed by atoms with Crippen molar-refractivity contribution < 1.29 is 9.26 Å². The molecule has 0 aliphatic rings. The third kappa shape index (κ3) is 2.40. The summed E-state index contributed by atoms with van der Waals surface area (Å²) < 4.78 is 11.8. The first-order valence-corrected chi connectivity index (χ1v) is 7.79. The summed E-state index contributed by atoms with van der Waals surface area (Å²) in [6, 6.07) is 9.74. The quantitative estimate of drug-likeness (QED) is 0.670. The molecule has 102 valence electrons. The number of halogens is 1. The Morgan fingerprint density at radius 2 is 2.15 bits per heavy atom. The first kappa shape index (κ1) is 13.4. The van der Waals surface area contributed by atoms with Gasteiger partial charge in [0, 0.05) is 10.9 Å². The van der Waals surface area contributed by atoms with Crippen molar-refractivity contribution in [3.63, 3.8) is 0 Å². The number of nitrogens with zero attached hydrogens (tertiary/aromatic N) is 1. The second-order valence-corrected chi connectivity index (χ2v) is 6.95. The summed E-state index contributed by atoms with van der Waals surface area (Å²) >= 11 is 3.93. The lowest BCUT2D eigenvalue weighted by Gasteiger charge is -2.04. The molecule has 20 heavy (non-hydrogen) atoms. The van der Waals surface area contributed by atoms with E-state index in [1.165, 1.54) is 2.88 Å². The number of hydrogen-bond acceptors (Lipinski definition) is 5. The van der Waals surface area contributed by atoms with Crippen molar-refractivity contribution in [3.05, 3.63) is 38.6 Å². The maximum Gasteiger partial charge on any atom is 0.177 e. The van der Waals surface area contributed by atoms with Gasteiger partial charge in [-0.05, 0) is 46.4 Å². The highest BCUT2D eigenvalue weighted by atomic mass is 127. The molecule has 2 aromatic heterocycles. The van der Waals surface area contributed by atoms with Gasteiger partial charge >= 0.3 is 0 Å². The predicted octanol–water partition coefficient (Wildman–Crippen LogP) is 4.27. The molecule has 2 heterocycles. The molecule has 0 radical (unpaired) electrons. The van der Waals surface area contributed by atoms with Crippen molar-refractivity contribution in [1.82, 2.24) is 5.16 Å². The van der Waals surface area contributed by atoms with Crippen LogP contribution < -0.4 is 10.5 Å². The van der Waals surface area contributed by atoms with Gasteiger partial charge in [-0.3, -0.25) is 0 Å². The van der Waals surface area contributed by atoms with Crippen LogP contribution in [-0.2, 0) is 0 Å². The van der Waals surface area contributed by atoms with Crippen LogP contribution in [0, 0.1) is 2.88 Å². The second-order valence-electron chi connectivity index (χ2n) is 4.14. The van der Waals surface area contributed by atoms with E-state index in [-0.39, 0.29) is 0 Å². The lowest BCUT2D eigenvalue weighted by Crippen LogP contribution is -1.89. The van der Waals surface area contributed by atoms with E-state index < -0.39 is 0 Å². The van der Waals surface area contributed by atoms with Crippen LogP contribution in [-0.4, -0.2) is 12.3 Å². The number of ether oxygens (including phenoxy) is 1. The van der Waals surface area contributed by atoms with E-state index in [4.69, 9.17) is 15.0 Å². The summed E-state index contributed by atoms with van der Waals surface area (Å²) in [5, 5.41) is 5.93. The zero-order chi connectivity index (χ0) is 14.1. The van der Waals surface area contributed by atoms with E-state index >= 15 is 0 Å². The smallest absolute Gasteiger partial charge is 0.177 e. The molecule has 0 spiro atoms. The fourth-order valence-electron chi connectivity index (χ4n) is 1.99. The molecule has 0 saturated heterocycles. The molecule has 0 atom stereocenters. The molecule has 0 unspecified atom stereocenters. The molecular weight excluding hydrogens is 387 g/mol. The zero-order valence-electron chi connectivity index (χ0n) is 10.6. The summed E-state index contributed by atoms with van der Waals surface area (Å²) in [7, 11) is 1.64. The number of methoxy groups -OCH3 is 1. The van der Waals surface area contributed by atoms with Gasteiger partial charge in [-0.15, -0.1) is 11.3 Å². The van der Waals surface area contributed by atoms with E-state index in [0.717, 1.165) is 22.4 Å². The maximum absolute atomic E-state index is 5.96. The molecule has 0 aliphatic heterocycles. The van der Waals surface area contributed by atoms with E-state index in [1.807, 2.05) is 29.6 Å². The standard InChI is InChI=1S/C14H11IN2O2S/c1-18-10-4-2-3-8(5-10)12-13(19-17-14(12)16)9-6-11(15)20-7-9/h2-7H,1H3,(H2,16,17). The molecule has 0 aliphatic carbocycles. The Labute approximate surface area is 133 Å². The van der Waals surface area contributed by atoms with E-state index in [1.54, 1.807) is 18.4 Å². The van der Waals surface area contributed by atoms with Crippen LogP contribution in [0.2, 0.25) is 0 Å². The first-order chi connectivity index (χ1) is 9.69. The van der Waals surface area contributed by atoms with Gasteiger partial charge in [-0.25, -0.2) is 0 Å². The largest absolute Gasteiger partial charge is 0.497 e. The SMILES string of the molecule is COc1cccc(-c2c(N)noc2-c2csc(I)c2)c1. The van der Waals surface area contributed by atoms with E-state index in [9.17, 15) is 0 Å². The van der Waals surface area contributed by atoms with Crippen molar-refractivity contribution in [2.75, 3.05) is 12.8 Å². The molecule has 4 nitrogen and oxygen atoms in total. The molecule has 0 bridgehead atoms. The van der Waals surface area contributed by atoms with Crippen LogP contribution in [0.3, 0.4) is 0 Å². The maximum atomic E-state index is 5.96. The van der Waals surface area contributed by atoms with Gasteiger partial charge in [-0.1, -0.05) is 17.3 Å². The number of hydrogen-bond donors (Lipinski definition) is 1. The van der Waals surface area contributed by atoms with Crippen molar-refractivity contribution in [1.29, 1.82) is 0 Å². The third-order valence-electron chi connectivity index (χ3n) is 2.91. The van der Waals surface area contributed by atoms with Crippen LogP contribution in [0.5, 0.6) is 5.75 Å². The summed E-state index contributed by atoms with van der Waals surface area (Å²) in [6.45, 7) is 0. The van der Waals surface area contributed by atoms with Crippen LogP contribution in [0.25, 0.3) is 22.5 Å².